The molecule has 0 aliphatic rings. The van der Waals surface area contributed by atoms with E-state index in [0.29, 0.717) is 11.4 Å². The van der Waals surface area contributed by atoms with Gasteiger partial charge in [0, 0.05) is 10.5 Å². The summed E-state index contributed by atoms with van der Waals surface area (Å²) < 4.78 is 6.66. The fraction of sp³-hybridized carbons (Fsp3) is 0.200. The van der Waals surface area contributed by atoms with Gasteiger partial charge in [0.05, 0.1) is 23.8 Å². The van der Waals surface area contributed by atoms with Crippen molar-refractivity contribution >= 4 is 49.5 Å². The second-order valence-corrected chi connectivity index (χ2v) is 4.94. The first kappa shape index (κ1) is 14.8. The molecule has 0 spiro atoms. The van der Waals surface area contributed by atoms with Crippen molar-refractivity contribution in [1.82, 2.24) is 5.32 Å². The third-order valence-corrected chi connectivity index (χ3v) is 3.22. The zero-order valence-electron chi connectivity index (χ0n) is 9.42. The molecule has 0 bridgehead atoms. The lowest BCUT2D eigenvalue weighted by atomic mass is 10.3. The summed E-state index contributed by atoms with van der Waals surface area (Å²) in [7, 11) is 1.54. The molecule has 0 atom stereocenters. The van der Waals surface area contributed by atoms with E-state index in [-0.39, 0.29) is 6.54 Å². The molecule has 0 aliphatic heterocycles. The van der Waals surface area contributed by atoms with Crippen molar-refractivity contribution in [3.8, 4) is 5.75 Å². The Morgan fingerprint density at radius 1 is 1.33 bits per heavy atom. The van der Waals surface area contributed by atoms with Crippen LogP contribution in [0.15, 0.2) is 21.1 Å². The summed E-state index contributed by atoms with van der Waals surface area (Å²) in [6, 6.07) is 2.62. The molecule has 0 unspecified atom stereocenters. The van der Waals surface area contributed by atoms with Crippen molar-refractivity contribution in [3.63, 3.8) is 0 Å². The van der Waals surface area contributed by atoms with Crippen molar-refractivity contribution in [2.24, 2.45) is 5.73 Å². The van der Waals surface area contributed by atoms with Crippen LogP contribution in [0.4, 0.5) is 10.5 Å². The van der Waals surface area contributed by atoms with E-state index >= 15 is 0 Å². The summed E-state index contributed by atoms with van der Waals surface area (Å²) in [6.45, 7) is -0.0771. The molecule has 0 aromatic heterocycles. The number of hydrogen-bond donors (Lipinski definition) is 3. The Morgan fingerprint density at radius 2 is 2.00 bits per heavy atom. The molecule has 1 rings (SSSR count). The molecule has 18 heavy (non-hydrogen) atoms. The number of carbonyl (C=O) groups is 2. The van der Waals surface area contributed by atoms with E-state index in [9.17, 15) is 9.59 Å². The maximum atomic E-state index is 11.2. The average Bonchev–Trinajstić information content (AvgIpc) is 2.27. The van der Waals surface area contributed by atoms with Gasteiger partial charge in [-0.05, 0) is 37.9 Å². The van der Waals surface area contributed by atoms with Gasteiger partial charge in [0.2, 0.25) is 5.91 Å². The molecule has 4 N–H and O–H groups in total. The Kier molecular flexibility index (Phi) is 5.42. The number of carbonyl (C=O) groups excluding carboxylic acids is 2. The molecule has 98 valence electrons. The molecule has 1 aromatic carbocycles. The minimum atomic E-state index is -0.880. The van der Waals surface area contributed by atoms with Crippen LogP contribution in [0.5, 0.6) is 5.75 Å². The first-order chi connectivity index (χ1) is 8.43. The zero-order chi connectivity index (χ0) is 13.7. The van der Waals surface area contributed by atoms with Gasteiger partial charge in [-0.2, -0.15) is 0 Å². The number of ether oxygens (including phenoxy) is 1. The standard InChI is InChI=1S/C10H11Br2N3O3/c1-18-8-3-7(5(11)2-6(8)12)14-4-9(16)15-10(13)17/h2-3,14H,4H2,1H3,(H3,13,15,16,17). The van der Waals surface area contributed by atoms with Crippen LogP contribution in [0.25, 0.3) is 0 Å². The number of imide groups is 1. The van der Waals surface area contributed by atoms with Gasteiger partial charge < -0.3 is 15.8 Å². The van der Waals surface area contributed by atoms with E-state index in [1.165, 1.54) is 7.11 Å². The lowest BCUT2D eigenvalue weighted by Gasteiger charge is -2.11. The van der Waals surface area contributed by atoms with Crippen LogP contribution in [0.2, 0.25) is 0 Å². The molecule has 1 aromatic rings. The number of halogens is 2. The number of rotatable bonds is 4. The largest absolute Gasteiger partial charge is 0.495 e. The molecule has 3 amide bonds. The SMILES string of the molecule is COc1cc(NCC(=O)NC(N)=O)c(Br)cc1Br. The van der Waals surface area contributed by atoms with E-state index in [0.717, 1.165) is 8.95 Å². The molecule has 6 nitrogen and oxygen atoms in total. The van der Waals surface area contributed by atoms with E-state index < -0.39 is 11.9 Å². The molecule has 0 aliphatic carbocycles. The monoisotopic (exact) mass is 379 g/mol. The van der Waals surface area contributed by atoms with Gasteiger partial charge in [-0.25, -0.2) is 4.79 Å². The van der Waals surface area contributed by atoms with Crippen LogP contribution in [0.1, 0.15) is 0 Å². The van der Waals surface area contributed by atoms with Gasteiger partial charge in [0.25, 0.3) is 0 Å². The molecule has 0 heterocycles. The fourth-order valence-corrected chi connectivity index (χ4v) is 2.47. The van der Waals surface area contributed by atoms with Crippen molar-refractivity contribution < 1.29 is 14.3 Å². The maximum Gasteiger partial charge on any atom is 0.318 e. The quantitative estimate of drug-likeness (QED) is 0.742. The summed E-state index contributed by atoms with van der Waals surface area (Å²) in [5.41, 5.74) is 5.49. The summed E-state index contributed by atoms with van der Waals surface area (Å²) in [5, 5.41) is 4.81. The Labute approximate surface area is 121 Å². The van der Waals surface area contributed by atoms with Crippen LogP contribution in [0, 0.1) is 0 Å². The average molecular weight is 381 g/mol. The van der Waals surface area contributed by atoms with Crippen LogP contribution in [-0.4, -0.2) is 25.6 Å². The molecule has 0 fully saturated rings. The summed E-state index contributed by atoms with van der Waals surface area (Å²) in [4.78, 5) is 21.7. The minimum Gasteiger partial charge on any atom is -0.495 e. The summed E-state index contributed by atoms with van der Waals surface area (Å²) in [6.07, 6.45) is 0. The van der Waals surface area contributed by atoms with Crippen molar-refractivity contribution in [2.45, 2.75) is 0 Å². The Balaban J connectivity index is 2.73. The number of primary amides is 1. The van der Waals surface area contributed by atoms with Gasteiger partial charge in [-0.15, -0.1) is 0 Å². The predicted molar refractivity (Wildman–Crippen MR) is 74.6 cm³/mol. The number of nitrogens with one attached hydrogen (secondary N) is 2. The number of benzene rings is 1. The highest BCUT2D eigenvalue weighted by Crippen LogP contribution is 2.34. The Hall–Kier alpha value is -1.28. The van der Waals surface area contributed by atoms with Crippen LogP contribution in [0.3, 0.4) is 0 Å². The number of urea groups is 1. The normalized spacial score (nSPS) is 9.72. The second-order valence-electron chi connectivity index (χ2n) is 3.23. The van der Waals surface area contributed by atoms with Gasteiger partial charge in [0.1, 0.15) is 5.75 Å². The molecule has 8 heteroatoms. The maximum absolute atomic E-state index is 11.2. The van der Waals surface area contributed by atoms with Crippen molar-refractivity contribution in [3.05, 3.63) is 21.1 Å². The molecule has 0 saturated heterocycles. The molecule has 0 saturated carbocycles. The highest BCUT2D eigenvalue weighted by molar-refractivity contribution is 9.11. The lowest BCUT2D eigenvalue weighted by molar-refractivity contribution is -0.118. The fourth-order valence-electron chi connectivity index (χ4n) is 1.18. The highest BCUT2D eigenvalue weighted by Gasteiger charge is 2.09. The third-order valence-electron chi connectivity index (χ3n) is 1.94. The van der Waals surface area contributed by atoms with E-state index in [4.69, 9.17) is 10.5 Å². The summed E-state index contributed by atoms with van der Waals surface area (Å²) >= 11 is 6.67. The predicted octanol–water partition coefficient (Wildman–Crippen LogP) is 1.83. The first-order valence-electron chi connectivity index (χ1n) is 4.80. The second kappa shape index (κ2) is 6.60. The molecule has 0 radical (unpaired) electrons. The van der Waals surface area contributed by atoms with Gasteiger partial charge >= 0.3 is 6.03 Å². The van der Waals surface area contributed by atoms with Crippen molar-refractivity contribution in [2.75, 3.05) is 19.0 Å². The van der Waals surface area contributed by atoms with Gasteiger partial charge in [-0.3, -0.25) is 10.1 Å². The number of anilines is 1. The number of hydrogen-bond acceptors (Lipinski definition) is 4. The van der Waals surface area contributed by atoms with Crippen molar-refractivity contribution in [1.29, 1.82) is 0 Å². The summed E-state index contributed by atoms with van der Waals surface area (Å²) in [5.74, 6) is 0.104. The van der Waals surface area contributed by atoms with E-state index in [1.807, 2.05) is 5.32 Å². The highest BCUT2D eigenvalue weighted by atomic mass is 79.9. The number of amides is 3. The minimum absolute atomic E-state index is 0.0771. The molecular weight excluding hydrogens is 370 g/mol. The number of methoxy groups -OCH3 is 1. The number of nitrogens with two attached hydrogens (primary N) is 1. The van der Waals surface area contributed by atoms with Gasteiger partial charge in [0.15, 0.2) is 0 Å². The van der Waals surface area contributed by atoms with Crippen LogP contribution < -0.4 is 21.1 Å². The first-order valence-corrected chi connectivity index (χ1v) is 6.39. The Morgan fingerprint density at radius 3 is 2.56 bits per heavy atom. The molecular formula is C10H11Br2N3O3. The topological polar surface area (TPSA) is 93.4 Å². The third kappa shape index (κ3) is 4.19. The lowest BCUT2D eigenvalue weighted by Crippen LogP contribution is -2.38. The Bertz CT molecular complexity index is 480. The zero-order valence-corrected chi connectivity index (χ0v) is 12.6. The van der Waals surface area contributed by atoms with Crippen LogP contribution >= 0.6 is 31.9 Å². The van der Waals surface area contributed by atoms with E-state index in [2.05, 4.69) is 37.2 Å². The van der Waals surface area contributed by atoms with Gasteiger partial charge in [-0.1, -0.05) is 0 Å². The van der Waals surface area contributed by atoms with E-state index in [1.54, 1.807) is 12.1 Å². The smallest absolute Gasteiger partial charge is 0.318 e. The van der Waals surface area contributed by atoms with Crippen LogP contribution in [-0.2, 0) is 4.79 Å².